The highest BCUT2D eigenvalue weighted by Gasteiger charge is 2.22. The summed E-state index contributed by atoms with van der Waals surface area (Å²) in [5, 5.41) is 7.06. The molecule has 0 bridgehead atoms. The molecule has 2 aromatic carbocycles. The zero-order chi connectivity index (χ0) is 18.4. The van der Waals surface area contributed by atoms with Crippen LogP contribution in [0.2, 0.25) is 0 Å². The number of likely N-dealkylation sites (tertiary alicyclic amines) is 1. The second-order valence-corrected chi connectivity index (χ2v) is 6.77. The van der Waals surface area contributed by atoms with Crippen LogP contribution in [0.1, 0.15) is 28.8 Å². The van der Waals surface area contributed by atoms with E-state index >= 15 is 0 Å². The summed E-state index contributed by atoms with van der Waals surface area (Å²) in [6.07, 6.45) is 1.67. The maximum atomic E-state index is 12.9. The van der Waals surface area contributed by atoms with Gasteiger partial charge in [-0.05, 0) is 54.9 Å². The molecule has 0 saturated carbocycles. The number of carbonyl (C=O) groups excluding carboxylic acids is 1. The molecule has 3 rings (SSSR count). The Labute approximate surface area is 158 Å². The molecule has 0 atom stereocenters. The summed E-state index contributed by atoms with van der Waals surface area (Å²) in [5.74, 6) is -0.500. The van der Waals surface area contributed by atoms with Crippen LogP contribution in [0, 0.1) is 5.82 Å². The van der Waals surface area contributed by atoms with E-state index in [1.54, 1.807) is 0 Å². The standard InChI is InChI=1S/C20H22FN3OS/c21-17-8-6-16(7-9-17)19(25)23-18-10-12-24(13-11-18)20(26)22-14-15-4-2-1-3-5-15/h1-9,18H,10-14H2,(H,22,26)(H,23,25). The number of benzene rings is 2. The highest BCUT2D eigenvalue weighted by molar-refractivity contribution is 7.80. The van der Waals surface area contributed by atoms with Crippen molar-refractivity contribution in [2.75, 3.05) is 13.1 Å². The first-order chi connectivity index (χ1) is 12.6. The molecule has 26 heavy (non-hydrogen) atoms. The van der Waals surface area contributed by atoms with E-state index in [4.69, 9.17) is 12.2 Å². The van der Waals surface area contributed by atoms with Crippen molar-refractivity contribution in [2.45, 2.75) is 25.4 Å². The van der Waals surface area contributed by atoms with E-state index in [2.05, 4.69) is 27.7 Å². The molecule has 1 aliphatic heterocycles. The van der Waals surface area contributed by atoms with Crippen molar-refractivity contribution in [1.29, 1.82) is 0 Å². The fourth-order valence-corrected chi connectivity index (χ4v) is 3.24. The molecule has 0 aromatic heterocycles. The van der Waals surface area contributed by atoms with Crippen LogP contribution in [0.15, 0.2) is 54.6 Å². The molecule has 1 amide bonds. The Morgan fingerprint density at radius 3 is 2.38 bits per heavy atom. The largest absolute Gasteiger partial charge is 0.358 e. The summed E-state index contributed by atoms with van der Waals surface area (Å²) in [4.78, 5) is 14.4. The monoisotopic (exact) mass is 371 g/mol. The molecule has 4 nitrogen and oxygen atoms in total. The molecule has 0 unspecified atom stereocenters. The summed E-state index contributed by atoms with van der Waals surface area (Å²) < 4.78 is 12.9. The van der Waals surface area contributed by atoms with Crippen LogP contribution >= 0.6 is 12.2 Å². The van der Waals surface area contributed by atoms with Crippen molar-refractivity contribution in [2.24, 2.45) is 0 Å². The lowest BCUT2D eigenvalue weighted by molar-refractivity contribution is 0.0922. The Bertz CT molecular complexity index is 743. The van der Waals surface area contributed by atoms with Gasteiger partial charge in [0.15, 0.2) is 5.11 Å². The highest BCUT2D eigenvalue weighted by Crippen LogP contribution is 2.12. The summed E-state index contributed by atoms with van der Waals surface area (Å²) >= 11 is 5.48. The average molecular weight is 371 g/mol. The zero-order valence-electron chi connectivity index (χ0n) is 14.5. The Morgan fingerprint density at radius 2 is 1.73 bits per heavy atom. The number of piperidine rings is 1. The van der Waals surface area contributed by atoms with Crippen molar-refractivity contribution >= 4 is 23.2 Å². The molecule has 0 radical (unpaired) electrons. The molecule has 1 fully saturated rings. The lowest BCUT2D eigenvalue weighted by atomic mass is 10.0. The minimum Gasteiger partial charge on any atom is -0.358 e. The minimum atomic E-state index is -0.341. The van der Waals surface area contributed by atoms with Crippen LogP contribution < -0.4 is 10.6 Å². The summed E-state index contributed by atoms with van der Waals surface area (Å²) in [5.41, 5.74) is 1.67. The van der Waals surface area contributed by atoms with Crippen molar-refractivity contribution in [1.82, 2.24) is 15.5 Å². The van der Waals surface area contributed by atoms with Crippen LogP contribution in [-0.2, 0) is 6.54 Å². The molecule has 0 aliphatic carbocycles. The Hall–Kier alpha value is -2.47. The quantitative estimate of drug-likeness (QED) is 0.811. The van der Waals surface area contributed by atoms with Crippen LogP contribution in [0.4, 0.5) is 4.39 Å². The van der Waals surface area contributed by atoms with Gasteiger partial charge in [-0.25, -0.2) is 4.39 Å². The first kappa shape index (κ1) is 18.3. The maximum Gasteiger partial charge on any atom is 0.251 e. The summed E-state index contributed by atoms with van der Waals surface area (Å²) in [7, 11) is 0. The third-order valence-corrected chi connectivity index (χ3v) is 4.91. The third kappa shape index (κ3) is 5.02. The lowest BCUT2D eigenvalue weighted by Gasteiger charge is -2.34. The number of carbonyl (C=O) groups is 1. The van der Waals surface area contributed by atoms with Crippen LogP contribution in [0.25, 0.3) is 0 Å². The van der Waals surface area contributed by atoms with Crippen molar-refractivity contribution in [3.63, 3.8) is 0 Å². The SMILES string of the molecule is O=C(NC1CCN(C(=S)NCc2ccccc2)CC1)c1ccc(F)cc1. The van der Waals surface area contributed by atoms with E-state index in [0.717, 1.165) is 31.0 Å². The zero-order valence-corrected chi connectivity index (χ0v) is 15.3. The Balaban J connectivity index is 1.42. The normalized spacial score (nSPS) is 14.7. The first-order valence-electron chi connectivity index (χ1n) is 8.75. The lowest BCUT2D eigenvalue weighted by Crippen LogP contribution is -2.49. The van der Waals surface area contributed by atoms with Crippen molar-refractivity contribution in [3.05, 3.63) is 71.5 Å². The van der Waals surface area contributed by atoms with Crippen LogP contribution in [0.3, 0.4) is 0 Å². The van der Waals surface area contributed by atoms with Gasteiger partial charge in [0.1, 0.15) is 5.82 Å². The number of amides is 1. The Kier molecular flexibility index (Phi) is 6.17. The predicted octanol–water partition coefficient (Wildman–Crippen LogP) is 3.09. The molecule has 2 N–H and O–H groups in total. The van der Waals surface area contributed by atoms with Gasteiger partial charge in [0, 0.05) is 31.2 Å². The number of halogens is 1. The number of hydrogen-bond acceptors (Lipinski definition) is 2. The summed E-state index contributed by atoms with van der Waals surface area (Å²) in [6, 6.07) is 15.9. The number of hydrogen-bond donors (Lipinski definition) is 2. The second-order valence-electron chi connectivity index (χ2n) is 6.39. The third-order valence-electron chi connectivity index (χ3n) is 4.51. The van der Waals surface area contributed by atoms with E-state index in [1.807, 2.05) is 18.2 Å². The van der Waals surface area contributed by atoms with E-state index in [0.29, 0.717) is 12.1 Å². The van der Waals surface area contributed by atoms with E-state index in [-0.39, 0.29) is 17.8 Å². The number of rotatable bonds is 4. The summed E-state index contributed by atoms with van der Waals surface area (Å²) in [6.45, 7) is 2.31. The molecular weight excluding hydrogens is 349 g/mol. The van der Waals surface area contributed by atoms with Gasteiger partial charge in [-0.2, -0.15) is 0 Å². The fraction of sp³-hybridized carbons (Fsp3) is 0.300. The van der Waals surface area contributed by atoms with E-state index in [1.165, 1.54) is 29.8 Å². The predicted molar refractivity (Wildman–Crippen MR) is 104 cm³/mol. The highest BCUT2D eigenvalue weighted by atomic mass is 32.1. The van der Waals surface area contributed by atoms with Crippen LogP contribution in [-0.4, -0.2) is 35.1 Å². The molecule has 136 valence electrons. The molecule has 0 spiro atoms. The van der Waals surface area contributed by atoms with E-state index < -0.39 is 0 Å². The van der Waals surface area contributed by atoms with Crippen molar-refractivity contribution < 1.29 is 9.18 Å². The van der Waals surface area contributed by atoms with Crippen molar-refractivity contribution in [3.8, 4) is 0 Å². The van der Waals surface area contributed by atoms with Gasteiger partial charge in [0.2, 0.25) is 0 Å². The number of thiocarbonyl (C=S) groups is 1. The fourth-order valence-electron chi connectivity index (χ4n) is 2.98. The molecule has 6 heteroatoms. The molecule has 1 heterocycles. The number of nitrogens with zero attached hydrogens (tertiary/aromatic N) is 1. The molecule has 1 saturated heterocycles. The Morgan fingerprint density at radius 1 is 1.08 bits per heavy atom. The average Bonchev–Trinajstić information content (AvgIpc) is 2.68. The van der Waals surface area contributed by atoms with Gasteiger partial charge >= 0.3 is 0 Å². The van der Waals surface area contributed by atoms with Crippen LogP contribution in [0.5, 0.6) is 0 Å². The number of nitrogens with one attached hydrogen (secondary N) is 2. The molecular formula is C20H22FN3OS. The van der Waals surface area contributed by atoms with Gasteiger partial charge in [-0.15, -0.1) is 0 Å². The molecule has 1 aliphatic rings. The van der Waals surface area contributed by atoms with Gasteiger partial charge < -0.3 is 15.5 Å². The van der Waals surface area contributed by atoms with Gasteiger partial charge in [0.05, 0.1) is 0 Å². The van der Waals surface area contributed by atoms with Gasteiger partial charge in [-0.3, -0.25) is 4.79 Å². The maximum absolute atomic E-state index is 12.9. The van der Waals surface area contributed by atoms with E-state index in [9.17, 15) is 9.18 Å². The first-order valence-corrected chi connectivity index (χ1v) is 9.16. The molecule has 2 aromatic rings. The van der Waals surface area contributed by atoms with Gasteiger partial charge in [-0.1, -0.05) is 30.3 Å². The smallest absolute Gasteiger partial charge is 0.251 e. The second kappa shape index (κ2) is 8.76. The van der Waals surface area contributed by atoms with Gasteiger partial charge in [0.25, 0.3) is 5.91 Å². The minimum absolute atomic E-state index is 0.112. The topological polar surface area (TPSA) is 44.4 Å².